The van der Waals surface area contributed by atoms with E-state index in [-0.39, 0.29) is 0 Å². The molecule has 0 fully saturated rings. The topological polar surface area (TPSA) is 12.4 Å². The summed E-state index contributed by atoms with van der Waals surface area (Å²) >= 11 is 0. The fourth-order valence-electron chi connectivity index (χ4n) is 1.41. The average molecular weight is 255 g/mol. The lowest BCUT2D eigenvalue weighted by molar-refractivity contribution is 1.26. The monoisotopic (exact) mass is 255 g/mol. The molecular weight excluding hydrogens is 230 g/mol. The fraction of sp³-hybridized carbons (Fsp3) is 0.278. The van der Waals surface area contributed by atoms with E-state index >= 15 is 0 Å². The molecule has 0 bridgehead atoms. The molecule has 0 aromatic heterocycles. The Morgan fingerprint density at radius 2 is 1.74 bits per heavy atom. The molecule has 0 aliphatic carbocycles. The molecule has 0 heterocycles. The van der Waals surface area contributed by atoms with Gasteiger partial charge in [0.25, 0.3) is 0 Å². The quantitative estimate of drug-likeness (QED) is 0.321. The number of rotatable bonds is 7. The number of nitrogens with zero attached hydrogens (tertiary/aromatic N) is 1. The maximum Gasteiger partial charge on any atom is 0.0590 e. The molecule has 0 amide bonds. The Morgan fingerprint density at radius 1 is 1.11 bits per heavy atom. The van der Waals surface area contributed by atoms with Gasteiger partial charge in [-0.2, -0.15) is 0 Å². The van der Waals surface area contributed by atoms with Crippen molar-refractivity contribution in [3.05, 3.63) is 72.5 Å². The Labute approximate surface area is 118 Å². The summed E-state index contributed by atoms with van der Waals surface area (Å²) in [6, 6.07) is 0. The summed E-state index contributed by atoms with van der Waals surface area (Å²) in [6.45, 7) is 19.7. The highest BCUT2D eigenvalue weighted by atomic mass is 14.8. The van der Waals surface area contributed by atoms with Gasteiger partial charge in [-0.3, -0.25) is 4.99 Å². The molecule has 0 aromatic rings. The third kappa shape index (κ3) is 6.56. The largest absolute Gasteiger partial charge is 0.253 e. The number of allylic oxidation sites excluding steroid dienone is 8. The van der Waals surface area contributed by atoms with Crippen LogP contribution in [0.25, 0.3) is 0 Å². The van der Waals surface area contributed by atoms with Gasteiger partial charge in [0.2, 0.25) is 0 Å². The van der Waals surface area contributed by atoms with Gasteiger partial charge in [-0.05, 0) is 38.8 Å². The zero-order valence-electron chi connectivity index (χ0n) is 12.7. The Hall–Kier alpha value is -1.89. The van der Waals surface area contributed by atoms with Crippen LogP contribution in [0.15, 0.2) is 77.5 Å². The Morgan fingerprint density at radius 3 is 2.16 bits per heavy atom. The van der Waals surface area contributed by atoms with E-state index in [1.165, 1.54) is 5.57 Å². The molecule has 1 nitrogen and oxygen atoms in total. The summed E-state index contributed by atoms with van der Waals surface area (Å²) in [5.74, 6) is 0. The Balaban J connectivity index is 5.30. The van der Waals surface area contributed by atoms with E-state index in [0.717, 1.165) is 22.6 Å². The first-order valence-corrected chi connectivity index (χ1v) is 6.44. The molecule has 0 N–H and O–H groups in total. The van der Waals surface area contributed by atoms with Crippen LogP contribution >= 0.6 is 0 Å². The highest BCUT2D eigenvalue weighted by molar-refractivity contribution is 6.03. The first-order valence-electron chi connectivity index (χ1n) is 6.44. The van der Waals surface area contributed by atoms with Gasteiger partial charge >= 0.3 is 0 Å². The van der Waals surface area contributed by atoms with Gasteiger partial charge < -0.3 is 0 Å². The minimum absolute atomic E-state index is 0.709. The molecule has 0 radical (unpaired) electrons. The maximum absolute atomic E-state index is 4.60. The third-order valence-corrected chi connectivity index (χ3v) is 2.59. The second kappa shape index (κ2) is 9.09. The molecule has 0 aliphatic rings. The second-order valence-electron chi connectivity index (χ2n) is 4.54. The molecule has 102 valence electrons. The lowest BCUT2D eigenvalue weighted by Crippen LogP contribution is -2.00. The second-order valence-corrected chi connectivity index (χ2v) is 4.54. The van der Waals surface area contributed by atoms with Crippen molar-refractivity contribution >= 4 is 5.71 Å². The molecule has 0 aliphatic heterocycles. The van der Waals surface area contributed by atoms with Gasteiger partial charge in [0, 0.05) is 6.42 Å². The van der Waals surface area contributed by atoms with Crippen LogP contribution in [0.4, 0.5) is 0 Å². The van der Waals surface area contributed by atoms with Crippen molar-refractivity contribution < 1.29 is 0 Å². The fourth-order valence-corrected chi connectivity index (χ4v) is 1.41. The summed E-state index contributed by atoms with van der Waals surface area (Å²) < 4.78 is 0. The number of hydrogen-bond acceptors (Lipinski definition) is 1. The molecule has 0 aromatic carbocycles. The van der Waals surface area contributed by atoms with E-state index in [4.69, 9.17) is 0 Å². The highest BCUT2D eigenvalue weighted by Crippen LogP contribution is 2.14. The van der Waals surface area contributed by atoms with Crippen LogP contribution in [-0.2, 0) is 0 Å². The van der Waals surface area contributed by atoms with Crippen LogP contribution in [0.1, 0.15) is 34.1 Å². The standard InChI is InChI=1S/C18H25N/c1-8-11-18(17(9-2)10-3)19-16(7)15(6)13-12-14(4)5/h8-10,12-13H,1-2,7,11H2,3-6H3/b15-13-,17-10+,19-18+. The first kappa shape index (κ1) is 17.1. The predicted molar refractivity (Wildman–Crippen MR) is 88.5 cm³/mol. The lowest BCUT2D eigenvalue weighted by Gasteiger charge is -2.07. The van der Waals surface area contributed by atoms with E-state index in [2.05, 4.69) is 44.7 Å². The van der Waals surface area contributed by atoms with Crippen LogP contribution in [-0.4, -0.2) is 5.71 Å². The van der Waals surface area contributed by atoms with Crippen molar-refractivity contribution in [1.29, 1.82) is 0 Å². The molecule has 0 rings (SSSR count). The Kier molecular flexibility index (Phi) is 8.19. The minimum atomic E-state index is 0.709. The molecule has 0 saturated carbocycles. The third-order valence-electron chi connectivity index (χ3n) is 2.59. The summed E-state index contributed by atoms with van der Waals surface area (Å²) in [5.41, 5.74) is 5.05. The molecule has 0 unspecified atom stereocenters. The van der Waals surface area contributed by atoms with Crippen molar-refractivity contribution in [2.75, 3.05) is 0 Å². The lowest BCUT2D eigenvalue weighted by atomic mass is 10.1. The summed E-state index contributed by atoms with van der Waals surface area (Å²) in [5, 5.41) is 0. The van der Waals surface area contributed by atoms with Crippen molar-refractivity contribution in [2.24, 2.45) is 4.99 Å². The van der Waals surface area contributed by atoms with Crippen molar-refractivity contribution in [2.45, 2.75) is 34.1 Å². The molecule has 0 spiro atoms. The maximum atomic E-state index is 4.60. The SMILES string of the molecule is C=CCC(=N\C(=C)/C(C)=C\C=C(C)C)/C(C=C)=C/C. The summed E-state index contributed by atoms with van der Waals surface area (Å²) in [7, 11) is 0. The van der Waals surface area contributed by atoms with E-state index < -0.39 is 0 Å². The normalized spacial score (nSPS) is 12.9. The van der Waals surface area contributed by atoms with Gasteiger partial charge in [-0.15, -0.1) is 6.58 Å². The minimum Gasteiger partial charge on any atom is -0.253 e. The summed E-state index contributed by atoms with van der Waals surface area (Å²) in [4.78, 5) is 4.60. The van der Waals surface area contributed by atoms with Gasteiger partial charge in [-0.25, -0.2) is 0 Å². The zero-order valence-corrected chi connectivity index (χ0v) is 12.7. The Bertz CT molecular complexity index is 464. The summed E-state index contributed by atoms with van der Waals surface area (Å²) in [6.07, 6.45) is 10.5. The van der Waals surface area contributed by atoms with Crippen molar-refractivity contribution in [3.8, 4) is 0 Å². The van der Waals surface area contributed by atoms with E-state index in [1.807, 2.05) is 38.2 Å². The molecule has 1 heteroatoms. The number of hydrogen-bond donors (Lipinski definition) is 0. The smallest absolute Gasteiger partial charge is 0.0590 e. The van der Waals surface area contributed by atoms with Crippen LogP contribution in [0, 0.1) is 0 Å². The van der Waals surface area contributed by atoms with Gasteiger partial charge in [-0.1, -0.05) is 49.1 Å². The van der Waals surface area contributed by atoms with Crippen LogP contribution in [0.5, 0.6) is 0 Å². The highest BCUT2D eigenvalue weighted by Gasteiger charge is 2.03. The molecule has 0 atom stereocenters. The van der Waals surface area contributed by atoms with Crippen molar-refractivity contribution in [1.82, 2.24) is 0 Å². The van der Waals surface area contributed by atoms with Gasteiger partial charge in [0.05, 0.1) is 11.4 Å². The zero-order chi connectivity index (χ0) is 14.8. The average Bonchev–Trinajstić information content (AvgIpc) is 2.37. The van der Waals surface area contributed by atoms with E-state index in [9.17, 15) is 0 Å². The van der Waals surface area contributed by atoms with Crippen LogP contribution in [0.3, 0.4) is 0 Å². The molecule has 0 saturated heterocycles. The molecular formula is C18H25N. The van der Waals surface area contributed by atoms with Crippen molar-refractivity contribution in [3.63, 3.8) is 0 Å². The van der Waals surface area contributed by atoms with Gasteiger partial charge in [0.1, 0.15) is 0 Å². The number of aliphatic imine (C=N–C) groups is 1. The molecule has 19 heavy (non-hydrogen) atoms. The van der Waals surface area contributed by atoms with E-state index in [1.54, 1.807) is 0 Å². The van der Waals surface area contributed by atoms with E-state index in [0.29, 0.717) is 6.42 Å². The predicted octanol–water partition coefficient (Wildman–Crippen LogP) is 5.56. The van der Waals surface area contributed by atoms with Crippen LogP contribution in [0.2, 0.25) is 0 Å². The van der Waals surface area contributed by atoms with Crippen LogP contribution < -0.4 is 0 Å². The first-order chi connectivity index (χ1) is 8.96. The van der Waals surface area contributed by atoms with Gasteiger partial charge in [0.15, 0.2) is 0 Å².